The van der Waals surface area contributed by atoms with Crippen LogP contribution in [0.25, 0.3) is 0 Å². The Morgan fingerprint density at radius 2 is 2.20 bits per heavy atom. The minimum absolute atomic E-state index is 0. The minimum atomic E-state index is -0.249. The molecule has 0 saturated carbocycles. The number of methoxy groups -OCH3 is 1. The van der Waals surface area contributed by atoms with Crippen molar-refractivity contribution in [2.45, 2.75) is 18.7 Å². The summed E-state index contributed by atoms with van der Waals surface area (Å²) in [6.07, 6.45) is 0.394. The molecule has 2 aromatic rings. The molecule has 1 amide bonds. The Bertz CT molecular complexity index is 709. The fourth-order valence-electron chi connectivity index (χ4n) is 1.89. The fraction of sp³-hybridized carbons (Fsp3) is 0.312. The number of nitrogens with zero attached hydrogens (tertiary/aromatic N) is 1. The first-order valence-corrected chi connectivity index (χ1v) is 9.35. The number of aromatic nitrogens is 1. The molecule has 1 heterocycles. The van der Waals surface area contributed by atoms with E-state index in [0.717, 1.165) is 16.3 Å². The number of anilines is 1. The van der Waals surface area contributed by atoms with Crippen molar-refractivity contribution >= 4 is 53.1 Å². The number of hydrogen-bond donors (Lipinski definition) is 2. The number of amides is 1. The van der Waals surface area contributed by atoms with E-state index in [9.17, 15) is 9.59 Å². The predicted octanol–water partition coefficient (Wildman–Crippen LogP) is 3.07. The molecule has 1 aromatic carbocycles. The van der Waals surface area contributed by atoms with Gasteiger partial charge in [0.1, 0.15) is 10.7 Å². The lowest BCUT2D eigenvalue weighted by atomic mass is 10.2. The molecule has 0 aliphatic heterocycles. The normalized spacial score (nSPS) is 10.0. The van der Waals surface area contributed by atoms with Gasteiger partial charge < -0.3 is 15.8 Å². The number of esters is 1. The number of rotatable bonds is 8. The Kier molecular flexibility index (Phi) is 9.51. The number of ether oxygens (including phenoxy) is 1. The second kappa shape index (κ2) is 11.1. The van der Waals surface area contributed by atoms with Gasteiger partial charge in [0.2, 0.25) is 0 Å². The summed E-state index contributed by atoms with van der Waals surface area (Å²) in [4.78, 5) is 27.4. The van der Waals surface area contributed by atoms with E-state index in [4.69, 9.17) is 5.73 Å². The number of halogens is 1. The summed E-state index contributed by atoms with van der Waals surface area (Å²) in [7, 11) is 1.39. The third kappa shape index (κ3) is 7.03. The molecular weight excluding hydrogens is 382 g/mol. The lowest BCUT2D eigenvalue weighted by Crippen LogP contribution is -2.12. The lowest BCUT2D eigenvalue weighted by Gasteiger charge is -2.06. The molecule has 0 unspecified atom stereocenters. The highest BCUT2D eigenvalue weighted by atomic mass is 35.5. The maximum absolute atomic E-state index is 12.2. The fourth-order valence-corrected chi connectivity index (χ4v) is 3.42. The number of carbonyl (C=O) groups excluding carboxylic acids is 2. The van der Waals surface area contributed by atoms with Crippen molar-refractivity contribution in [2.24, 2.45) is 5.73 Å². The second-order valence-electron chi connectivity index (χ2n) is 4.86. The van der Waals surface area contributed by atoms with Gasteiger partial charge in [0, 0.05) is 29.1 Å². The van der Waals surface area contributed by atoms with Crippen LogP contribution in [0.1, 0.15) is 27.5 Å². The number of hydrogen-bond acceptors (Lipinski definition) is 7. The van der Waals surface area contributed by atoms with Gasteiger partial charge in [-0.1, -0.05) is 12.1 Å². The van der Waals surface area contributed by atoms with Crippen molar-refractivity contribution < 1.29 is 14.3 Å². The van der Waals surface area contributed by atoms with Crippen LogP contribution in [0.3, 0.4) is 0 Å². The maximum Gasteiger partial charge on any atom is 0.306 e. The smallest absolute Gasteiger partial charge is 0.306 e. The Labute approximate surface area is 161 Å². The molecular formula is C16H20ClN3O3S2. The molecule has 0 saturated heterocycles. The number of carbonyl (C=O) groups is 2. The average molecular weight is 402 g/mol. The highest BCUT2D eigenvalue weighted by Crippen LogP contribution is 2.18. The molecule has 25 heavy (non-hydrogen) atoms. The first-order chi connectivity index (χ1) is 11.6. The second-order valence-corrected chi connectivity index (χ2v) is 6.91. The van der Waals surface area contributed by atoms with Crippen molar-refractivity contribution in [1.82, 2.24) is 4.98 Å². The van der Waals surface area contributed by atoms with Crippen LogP contribution in [0.15, 0.2) is 29.6 Å². The monoisotopic (exact) mass is 401 g/mol. The van der Waals surface area contributed by atoms with Gasteiger partial charge in [-0.3, -0.25) is 9.59 Å². The number of nitrogens with two attached hydrogens (primary N) is 1. The van der Waals surface area contributed by atoms with Gasteiger partial charge in [0.25, 0.3) is 5.91 Å². The van der Waals surface area contributed by atoms with Gasteiger partial charge >= 0.3 is 5.97 Å². The van der Waals surface area contributed by atoms with Crippen molar-refractivity contribution in [3.8, 4) is 0 Å². The van der Waals surface area contributed by atoms with Crippen LogP contribution < -0.4 is 11.1 Å². The molecule has 0 aliphatic rings. The highest BCUT2D eigenvalue weighted by Gasteiger charge is 2.10. The molecule has 1 aromatic heterocycles. The zero-order valence-corrected chi connectivity index (χ0v) is 16.1. The first-order valence-electron chi connectivity index (χ1n) is 7.31. The largest absolute Gasteiger partial charge is 0.469 e. The van der Waals surface area contributed by atoms with E-state index in [2.05, 4.69) is 15.0 Å². The number of nitrogens with one attached hydrogen (secondary N) is 1. The molecule has 9 heteroatoms. The Balaban J connectivity index is 0.00000312. The van der Waals surface area contributed by atoms with Crippen molar-refractivity contribution in [3.05, 3.63) is 45.9 Å². The van der Waals surface area contributed by atoms with Crippen LogP contribution in [0.2, 0.25) is 0 Å². The molecule has 3 N–H and O–H groups in total. The average Bonchev–Trinajstić information content (AvgIpc) is 3.08. The summed E-state index contributed by atoms with van der Waals surface area (Å²) >= 11 is 3.01. The zero-order valence-electron chi connectivity index (χ0n) is 13.7. The van der Waals surface area contributed by atoms with Crippen molar-refractivity contribution in [3.63, 3.8) is 0 Å². The summed E-state index contributed by atoms with van der Waals surface area (Å²) in [6, 6.07) is 7.62. The third-order valence-electron chi connectivity index (χ3n) is 3.09. The van der Waals surface area contributed by atoms with Gasteiger partial charge in [-0.15, -0.1) is 23.7 Å². The SMILES string of the molecule is COC(=O)CCSCc1cccc(NC(=O)c2csc(CN)n2)c1.Cl. The van der Waals surface area contributed by atoms with E-state index < -0.39 is 0 Å². The topological polar surface area (TPSA) is 94.3 Å². The quantitative estimate of drug-likeness (QED) is 0.521. The van der Waals surface area contributed by atoms with Gasteiger partial charge in [-0.05, 0) is 17.7 Å². The molecule has 0 radical (unpaired) electrons. The van der Waals surface area contributed by atoms with Crippen molar-refractivity contribution in [1.29, 1.82) is 0 Å². The van der Waals surface area contributed by atoms with Crippen LogP contribution in [-0.4, -0.2) is 29.7 Å². The van der Waals surface area contributed by atoms with Gasteiger partial charge in [0.05, 0.1) is 13.5 Å². The summed E-state index contributed by atoms with van der Waals surface area (Å²) in [5.74, 6) is 1.00. The van der Waals surface area contributed by atoms with Crippen LogP contribution in [0.4, 0.5) is 5.69 Å². The Morgan fingerprint density at radius 1 is 1.40 bits per heavy atom. The summed E-state index contributed by atoms with van der Waals surface area (Å²) in [6.45, 7) is 0.330. The lowest BCUT2D eigenvalue weighted by molar-refractivity contribution is -0.140. The van der Waals surface area contributed by atoms with Crippen LogP contribution in [0.5, 0.6) is 0 Å². The number of thiazole rings is 1. The van der Waals surface area contributed by atoms with E-state index in [-0.39, 0.29) is 24.3 Å². The third-order valence-corrected chi connectivity index (χ3v) is 4.99. The van der Waals surface area contributed by atoms with E-state index in [1.54, 1.807) is 17.1 Å². The van der Waals surface area contributed by atoms with Crippen molar-refractivity contribution in [2.75, 3.05) is 18.2 Å². The maximum atomic E-state index is 12.2. The number of thioether (sulfide) groups is 1. The first kappa shape index (κ1) is 21.4. The summed E-state index contributed by atoms with van der Waals surface area (Å²) in [5, 5.41) is 5.27. The molecule has 0 aliphatic carbocycles. The number of benzene rings is 1. The zero-order chi connectivity index (χ0) is 17.4. The molecule has 0 spiro atoms. The summed E-state index contributed by atoms with van der Waals surface area (Å²) < 4.78 is 4.60. The minimum Gasteiger partial charge on any atom is -0.469 e. The predicted molar refractivity (Wildman–Crippen MR) is 104 cm³/mol. The van der Waals surface area contributed by atoms with E-state index in [1.807, 2.05) is 24.3 Å². The van der Waals surface area contributed by atoms with E-state index in [1.165, 1.54) is 18.4 Å². The van der Waals surface area contributed by atoms with E-state index in [0.29, 0.717) is 30.1 Å². The van der Waals surface area contributed by atoms with Gasteiger partial charge in [-0.25, -0.2) is 4.98 Å². The van der Waals surface area contributed by atoms with Crippen LogP contribution in [0, 0.1) is 0 Å². The van der Waals surface area contributed by atoms with Gasteiger partial charge in [0.15, 0.2) is 0 Å². The highest BCUT2D eigenvalue weighted by molar-refractivity contribution is 7.98. The summed E-state index contributed by atoms with van der Waals surface area (Å²) in [5.41, 5.74) is 7.67. The molecule has 0 fully saturated rings. The Morgan fingerprint density at radius 3 is 2.88 bits per heavy atom. The standard InChI is InChI=1S/C16H19N3O3S2.ClH/c1-22-15(20)5-6-23-9-11-3-2-4-12(7-11)18-16(21)13-10-24-14(8-17)19-13;/h2-4,7,10H,5-6,8-9,17H2,1H3,(H,18,21);1H. The van der Waals surface area contributed by atoms with Crippen LogP contribution in [-0.2, 0) is 21.8 Å². The molecule has 0 atom stereocenters. The molecule has 2 rings (SSSR count). The van der Waals surface area contributed by atoms with E-state index >= 15 is 0 Å². The molecule has 136 valence electrons. The molecule has 0 bridgehead atoms. The molecule has 6 nitrogen and oxygen atoms in total. The Hall–Kier alpha value is -1.61. The van der Waals surface area contributed by atoms with Gasteiger partial charge in [-0.2, -0.15) is 11.8 Å². The van der Waals surface area contributed by atoms with Crippen LogP contribution >= 0.6 is 35.5 Å².